The van der Waals surface area contributed by atoms with E-state index in [4.69, 9.17) is 5.73 Å². The highest BCUT2D eigenvalue weighted by Crippen LogP contribution is 2.25. The summed E-state index contributed by atoms with van der Waals surface area (Å²) in [6, 6.07) is 5.86. The molecule has 2 rings (SSSR count). The predicted octanol–water partition coefficient (Wildman–Crippen LogP) is 0.714. The Morgan fingerprint density at radius 2 is 2.00 bits per heavy atom. The van der Waals surface area contributed by atoms with Crippen LogP contribution < -0.4 is 16.0 Å². The van der Waals surface area contributed by atoms with Crippen LogP contribution in [0.1, 0.15) is 6.92 Å². The molecule has 0 radical (unpaired) electrons. The lowest BCUT2D eigenvalue weighted by molar-refractivity contribution is -0.117. The first-order chi connectivity index (χ1) is 7.11. The normalized spacial score (nSPS) is 20.6. The Morgan fingerprint density at radius 1 is 1.33 bits per heavy atom. The Morgan fingerprint density at radius 3 is 2.53 bits per heavy atom. The molecule has 1 aromatic carbocycles. The zero-order chi connectivity index (χ0) is 11.0. The number of anilines is 2. The average molecular weight is 205 g/mol. The van der Waals surface area contributed by atoms with E-state index in [-0.39, 0.29) is 5.91 Å². The number of benzene rings is 1. The van der Waals surface area contributed by atoms with Crippen LogP contribution in [0.3, 0.4) is 0 Å². The second-order valence-corrected chi connectivity index (χ2v) is 3.40. The van der Waals surface area contributed by atoms with Crippen LogP contribution in [-0.2, 0) is 4.79 Å². The zero-order valence-corrected chi connectivity index (χ0v) is 8.23. The third kappa shape index (κ3) is 1.41. The minimum absolute atomic E-state index is 0.280. The second-order valence-electron chi connectivity index (χ2n) is 3.40. The third-order valence-corrected chi connectivity index (χ3v) is 2.31. The first-order valence-electron chi connectivity index (χ1n) is 4.60. The Balaban J connectivity index is 2.44. The highest BCUT2D eigenvalue weighted by atomic mass is 16.2. The number of nitrogen functional groups attached to an aromatic ring is 1. The molecule has 0 saturated carbocycles. The van der Waals surface area contributed by atoms with Gasteiger partial charge in [0.15, 0.2) is 0 Å². The number of rotatable bonds is 1. The number of nitrogens with one attached hydrogen (secondary N) is 1. The van der Waals surface area contributed by atoms with E-state index in [1.807, 2.05) is 0 Å². The number of para-hydroxylation sites is 2. The van der Waals surface area contributed by atoms with Crippen molar-refractivity contribution in [2.45, 2.75) is 13.0 Å². The van der Waals surface area contributed by atoms with Gasteiger partial charge in [-0.3, -0.25) is 4.79 Å². The highest BCUT2D eigenvalue weighted by Gasteiger charge is 2.36. The molecule has 1 heterocycles. The van der Waals surface area contributed by atoms with Gasteiger partial charge in [0.1, 0.15) is 6.04 Å². The maximum atomic E-state index is 11.7. The molecule has 0 unspecified atom stereocenters. The van der Waals surface area contributed by atoms with E-state index in [0.717, 1.165) is 4.90 Å². The van der Waals surface area contributed by atoms with Crippen LogP contribution in [0.15, 0.2) is 24.3 Å². The van der Waals surface area contributed by atoms with Gasteiger partial charge in [-0.25, -0.2) is 9.69 Å². The molecule has 1 aliphatic heterocycles. The van der Waals surface area contributed by atoms with Gasteiger partial charge in [0, 0.05) is 0 Å². The minimum atomic E-state index is -0.489. The fourth-order valence-electron chi connectivity index (χ4n) is 1.52. The Kier molecular flexibility index (Phi) is 2.07. The molecule has 1 aliphatic rings. The van der Waals surface area contributed by atoms with Crippen molar-refractivity contribution < 1.29 is 9.59 Å². The van der Waals surface area contributed by atoms with Crippen LogP contribution in [0.4, 0.5) is 16.2 Å². The molecule has 0 spiro atoms. The first kappa shape index (κ1) is 9.51. The van der Waals surface area contributed by atoms with Crippen molar-refractivity contribution in [3.05, 3.63) is 24.3 Å². The van der Waals surface area contributed by atoms with E-state index in [0.29, 0.717) is 11.4 Å². The topological polar surface area (TPSA) is 75.4 Å². The second kappa shape index (κ2) is 3.27. The molecule has 5 nitrogen and oxygen atoms in total. The minimum Gasteiger partial charge on any atom is -0.397 e. The summed E-state index contributed by atoms with van der Waals surface area (Å²) in [5.41, 5.74) is 6.54. The molecule has 78 valence electrons. The van der Waals surface area contributed by atoms with Crippen molar-refractivity contribution in [1.82, 2.24) is 5.32 Å². The fourth-order valence-corrected chi connectivity index (χ4v) is 1.52. The van der Waals surface area contributed by atoms with Gasteiger partial charge in [-0.1, -0.05) is 12.1 Å². The number of nitrogens with zero attached hydrogens (tertiary/aromatic N) is 1. The zero-order valence-electron chi connectivity index (χ0n) is 8.23. The van der Waals surface area contributed by atoms with E-state index in [2.05, 4.69) is 5.32 Å². The van der Waals surface area contributed by atoms with E-state index in [1.54, 1.807) is 31.2 Å². The number of amides is 3. The lowest BCUT2D eigenvalue weighted by Crippen LogP contribution is -2.31. The van der Waals surface area contributed by atoms with Crippen molar-refractivity contribution >= 4 is 23.3 Å². The summed E-state index contributed by atoms with van der Waals surface area (Å²) in [4.78, 5) is 24.2. The van der Waals surface area contributed by atoms with E-state index < -0.39 is 12.1 Å². The first-order valence-corrected chi connectivity index (χ1v) is 4.60. The largest absolute Gasteiger partial charge is 0.397 e. The molecule has 1 atom stereocenters. The van der Waals surface area contributed by atoms with Gasteiger partial charge in [0.05, 0.1) is 11.4 Å². The predicted molar refractivity (Wildman–Crippen MR) is 56.3 cm³/mol. The molecular formula is C10H11N3O2. The van der Waals surface area contributed by atoms with Crippen molar-refractivity contribution in [1.29, 1.82) is 0 Å². The molecule has 0 aromatic heterocycles. The molecule has 0 bridgehead atoms. The van der Waals surface area contributed by atoms with Gasteiger partial charge in [0.25, 0.3) is 5.91 Å². The monoisotopic (exact) mass is 205 g/mol. The van der Waals surface area contributed by atoms with Gasteiger partial charge in [0.2, 0.25) is 0 Å². The van der Waals surface area contributed by atoms with Crippen LogP contribution in [0.2, 0.25) is 0 Å². The summed E-state index contributed by atoms with van der Waals surface area (Å²) in [5.74, 6) is -0.280. The van der Waals surface area contributed by atoms with Crippen molar-refractivity contribution in [3.8, 4) is 0 Å². The highest BCUT2D eigenvalue weighted by molar-refractivity contribution is 6.22. The van der Waals surface area contributed by atoms with Crippen molar-refractivity contribution in [2.75, 3.05) is 10.6 Å². The van der Waals surface area contributed by atoms with Crippen molar-refractivity contribution in [2.24, 2.45) is 0 Å². The number of urea groups is 1. The van der Waals surface area contributed by atoms with Crippen LogP contribution in [-0.4, -0.2) is 18.0 Å². The van der Waals surface area contributed by atoms with Crippen LogP contribution in [0, 0.1) is 0 Å². The maximum absolute atomic E-state index is 11.7. The number of hydrogen-bond acceptors (Lipinski definition) is 3. The standard InChI is InChI=1S/C10H11N3O2/c1-6-9(14)13(10(15)12-6)8-5-3-2-4-7(8)11/h2-6H,11H2,1H3,(H,12,15)/t6-/m0/s1. The molecule has 15 heavy (non-hydrogen) atoms. The molecule has 5 heteroatoms. The van der Waals surface area contributed by atoms with E-state index in [1.165, 1.54) is 0 Å². The quantitative estimate of drug-likeness (QED) is 0.523. The lowest BCUT2D eigenvalue weighted by Gasteiger charge is -2.14. The Bertz CT molecular complexity index is 430. The Hall–Kier alpha value is -2.04. The SMILES string of the molecule is C[C@@H]1NC(=O)N(c2ccccc2N)C1=O. The molecular weight excluding hydrogens is 194 g/mol. The van der Waals surface area contributed by atoms with Crippen LogP contribution in [0.5, 0.6) is 0 Å². The molecule has 1 saturated heterocycles. The fraction of sp³-hybridized carbons (Fsp3) is 0.200. The number of hydrogen-bond donors (Lipinski definition) is 2. The summed E-state index contributed by atoms with van der Waals surface area (Å²) in [7, 11) is 0. The van der Waals surface area contributed by atoms with Gasteiger partial charge < -0.3 is 11.1 Å². The molecule has 0 aliphatic carbocycles. The van der Waals surface area contributed by atoms with Crippen molar-refractivity contribution in [3.63, 3.8) is 0 Å². The molecule has 1 fully saturated rings. The third-order valence-electron chi connectivity index (χ3n) is 2.31. The number of nitrogens with two attached hydrogens (primary N) is 1. The lowest BCUT2D eigenvalue weighted by atomic mass is 10.2. The van der Waals surface area contributed by atoms with Crippen LogP contribution in [0.25, 0.3) is 0 Å². The number of carbonyl (C=O) groups excluding carboxylic acids is 2. The average Bonchev–Trinajstić information content (AvgIpc) is 2.43. The smallest absolute Gasteiger partial charge is 0.329 e. The summed E-state index contributed by atoms with van der Waals surface area (Å²) < 4.78 is 0. The van der Waals surface area contributed by atoms with Crippen LogP contribution >= 0.6 is 0 Å². The number of carbonyl (C=O) groups is 2. The van der Waals surface area contributed by atoms with Gasteiger partial charge >= 0.3 is 6.03 Å². The van der Waals surface area contributed by atoms with E-state index >= 15 is 0 Å². The summed E-state index contributed by atoms with van der Waals surface area (Å²) in [5, 5.41) is 2.52. The molecule has 3 amide bonds. The van der Waals surface area contributed by atoms with Gasteiger partial charge in [-0.15, -0.1) is 0 Å². The Labute approximate surface area is 86.9 Å². The van der Waals surface area contributed by atoms with Gasteiger partial charge in [-0.05, 0) is 19.1 Å². The number of imide groups is 1. The summed E-state index contributed by atoms with van der Waals surface area (Å²) >= 11 is 0. The molecule has 1 aromatic rings. The maximum Gasteiger partial charge on any atom is 0.329 e. The summed E-state index contributed by atoms with van der Waals surface area (Å²) in [6.45, 7) is 1.64. The molecule has 3 N–H and O–H groups in total. The van der Waals surface area contributed by atoms with Gasteiger partial charge in [-0.2, -0.15) is 0 Å². The van der Waals surface area contributed by atoms with E-state index in [9.17, 15) is 9.59 Å². The summed E-state index contributed by atoms with van der Waals surface area (Å²) in [6.07, 6.45) is 0.